The number of carbonyl (C=O) groups is 1. The van der Waals surface area contributed by atoms with Gasteiger partial charge in [-0.2, -0.15) is 5.10 Å². The summed E-state index contributed by atoms with van der Waals surface area (Å²) in [5.41, 5.74) is 3.60. The van der Waals surface area contributed by atoms with E-state index in [0.717, 1.165) is 22.5 Å². The van der Waals surface area contributed by atoms with Crippen molar-refractivity contribution in [3.63, 3.8) is 0 Å². The molecule has 30 heavy (non-hydrogen) atoms. The van der Waals surface area contributed by atoms with Crippen molar-refractivity contribution < 1.29 is 9.53 Å². The minimum absolute atomic E-state index is 0.110. The van der Waals surface area contributed by atoms with Crippen LogP contribution >= 0.6 is 12.2 Å². The molecule has 1 N–H and O–H groups in total. The Hall–Kier alpha value is -3.59. The predicted octanol–water partition coefficient (Wildman–Crippen LogP) is 3.25. The smallest absolute Gasteiger partial charge is 0.338 e. The molecule has 0 bridgehead atoms. The van der Waals surface area contributed by atoms with Crippen molar-refractivity contribution in [3.05, 3.63) is 68.5 Å². The highest BCUT2D eigenvalue weighted by Gasteiger charge is 2.21. The average Bonchev–Trinajstić information content (AvgIpc) is 3.04. The number of carbonyl (C=O) groups excluding carboxylic acids is 1. The third-order valence-corrected chi connectivity index (χ3v) is 5.10. The van der Waals surface area contributed by atoms with E-state index in [0.29, 0.717) is 5.69 Å². The summed E-state index contributed by atoms with van der Waals surface area (Å²) in [6.07, 6.45) is 1.81. The predicted molar refractivity (Wildman–Crippen MR) is 116 cm³/mol. The zero-order valence-electron chi connectivity index (χ0n) is 16.9. The summed E-state index contributed by atoms with van der Waals surface area (Å²) in [7, 11) is 3.07. The van der Waals surface area contributed by atoms with Gasteiger partial charge in [-0.15, -0.1) is 0 Å². The molecule has 3 heterocycles. The van der Waals surface area contributed by atoms with Crippen molar-refractivity contribution in [2.45, 2.75) is 13.8 Å². The van der Waals surface area contributed by atoms with E-state index in [1.54, 1.807) is 22.4 Å². The van der Waals surface area contributed by atoms with Crippen LogP contribution < -0.4 is 5.56 Å². The van der Waals surface area contributed by atoms with Gasteiger partial charge >= 0.3 is 5.97 Å². The number of aryl methyl sites for hydroxylation is 3. The highest BCUT2D eigenvalue weighted by Crippen LogP contribution is 2.27. The van der Waals surface area contributed by atoms with E-state index < -0.39 is 11.5 Å². The standard InChI is InChI=1S/C21H19N5O3S/c1-11-6-5-7-13(8-11)26-18-17(19(27)23-21(26)30)14(20(28)29-4)9-16(22-18)15-10-25(3)24-12(15)2/h5-10H,1-4H3,(H,23,27,30). The van der Waals surface area contributed by atoms with Crippen LogP contribution in [0.2, 0.25) is 0 Å². The van der Waals surface area contributed by atoms with Gasteiger partial charge in [0, 0.05) is 18.8 Å². The maximum atomic E-state index is 12.8. The van der Waals surface area contributed by atoms with Crippen LogP contribution in [0, 0.1) is 18.6 Å². The number of esters is 1. The van der Waals surface area contributed by atoms with Gasteiger partial charge in [-0.05, 0) is 49.8 Å². The van der Waals surface area contributed by atoms with E-state index in [1.807, 2.05) is 44.3 Å². The van der Waals surface area contributed by atoms with Crippen molar-refractivity contribution in [2.24, 2.45) is 7.05 Å². The lowest BCUT2D eigenvalue weighted by Gasteiger charge is -2.14. The molecule has 0 saturated heterocycles. The first-order chi connectivity index (χ1) is 14.3. The molecule has 8 nitrogen and oxygen atoms in total. The highest BCUT2D eigenvalue weighted by molar-refractivity contribution is 7.71. The first kappa shape index (κ1) is 19.7. The van der Waals surface area contributed by atoms with Crippen LogP contribution in [-0.2, 0) is 11.8 Å². The Bertz CT molecular complexity index is 1430. The quantitative estimate of drug-likeness (QED) is 0.403. The molecule has 0 aliphatic carbocycles. The maximum absolute atomic E-state index is 12.8. The number of fused-ring (bicyclic) bond motifs is 1. The SMILES string of the molecule is COC(=O)c1cc(-c2cn(C)nc2C)nc2c1c(=O)[nH]c(=S)n2-c1cccc(C)c1. The molecule has 3 aromatic heterocycles. The van der Waals surface area contributed by atoms with E-state index in [-0.39, 0.29) is 21.4 Å². The van der Waals surface area contributed by atoms with Crippen LogP contribution in [0.5, 0.6) is 0 Å². The molecule has 0 spiro atoms. The molecule has 4 aromatic rings. The van der Waals surface area contributed by atoms with Gasteiger partial charge in [-0.25, -0.2) is 9.78 Å². The van der Waals surface area contributed by atoms with Crippen LogP contribution in [-0.4, -0.2) is 37.4 Å². The number of methoxy groups -OCH3 is 1. The third kappa shape index (κ3) is 3.22. The molecule has 152 valence electrons. The molecule has 0 radical (unpaired) electrons. The number of hydrogen-bond acceptors (Lipinski definition) is 6. The number of ether oxygens (including phenoxy) is 1. The van der Waals surface area contributed by atoms with E-state index in [1.165, 1.54) is 7.11 Å². The fourth-order valence-corrected chi connectivity index (χ4v) is 3.78. The number of aromatic amines is 1. The van der Waals surface area contributed by atoms with Gasteiger partial charge in [0.15, 0.2) is 10.4 Å². The number of benzene rings is 1. The molecule has 1 aromatic carbocycles. The summed E-state index contributed by atoms with van der Waals surface area (Å²) in [5.74, 6) is -0.636. The van der Waals surface area contributed by atoms with Crippen LogP contribution in [0.3, 0.4) is 0 Å². The second-order valence-corrected chi connectivity index (χ2v) is 7.37. The Kier molecular flexibility index (Phi) is 4.83. The van der Waals surface area contributed by atoms with Crippen molar-refractivity contribution in [1.82, 2.24) is 24.3 Å². The van der Waals surface area contributed by atoms with Gasteiger partial charge in [0.25, 0.3) is 5.56 Å². The second-order valence-electron chi connectivity index (χ2n) is 6.98. The summed E-state index contributed by atoms with van der Waals surface area (Å²) in [6.45, 7) is 3.81. The fourth-order valence-electron chi connectivity index (χ4n) is 3.50. The van der Waals surface area contributed by atoms with E-state index in [4.69, 9.17) is 21.9 Å². The molecular weight excluding hydrogens is 402 g/mol. The Morgan fingerprint density at radius 3 is 2.63 bits per heavy atom. The summed E-state index contributed by atoms with van der Waals surface area (Å²) in [6, 6.07) is 9.19. The minimum atomic E-state index is -0.636. The van der Waals surface area contributed by atoms with Gasteiger partial charge in [0.1, 0.15) is 0 Å². The van der Waals surface area contributed by atoms with E-state index in [2.05, 4.69) is 10.1 Å². The number of hydrogen-bond donors (Lipinski definition) is 1. The number of pyridine rings is 1. The topological polar surface area (TPSA) is 94.8 Å². The molecule has 0 aliphatic heterocycles. The van der Waals surface area contributed by atoms with Crippen LogP contribution in [0.4, 0.5) is 0 Å². The van der Waals surface area contributed by atoms with Gasteiger partial charge in [0.05, 0.1) is 35.1 Å². The third-order valence-electron chi connectivity index (χ3n) is 4.82. The summed E-state index contributed by atoms with van der Waals surface area (Å²) in [5, 5.41) is 4.47. The highest BCUT2D eigenvalue weighted by atomic mass is 32.1. The van der Waals surface area contributed by atoms with Crippen LogP contribution in [0.1, 0.15) is 21.6 Å². The van der Waals surface area contributed by atoms with Gasteiger partial charge < -0.3 is 4.74 Å². The molecule has 0 amide bonds. The summed E-state index contributed by atoms with van der Waals surface area (Å²) in [4.78, 5) is 32.8. The number of nitrogens with one attached hydrogen (secondary N) is 1. The average molecular weight is 421 g/mol. The van der Waals surface area contributed by atoms with Crippen molar-refractivity contribution in [3.8, 4) is 16.9 Å². The maximum Gasteiger partial charge on any atom is 0.338 e. The summed E-state index contributed by atoms with van der Waals surface area (Å²) < 4.78 is 8.45. The van der Waals surface area contributed by atoms with Crippen molar-refractivity contribution in [2.75, 3.05) is 7.11 Å². The number of H-pyrrole nitrogens is 1. The lowest BCUT2D eigenvalue weighted by molar-refractivity contribution is 0.0603. The lowest BCUT2D eigenvalue weighted by atomic mass is 10.1. The second kappa shape index (κ2) is 7.34. The monoisotopic (exact) mass is 421 g/mol. The van der Waals surface area contributed by atoms with Crippen LogP contribution in [0.15, 0.2) is 41.3 Å². The molecule has 0 fully saturated rings. The molecule has 9 heteroatoms. The normalized spacial score (nSPS) is 11.1. The number of nitrogens with zero attached hydrogens (tertiary/aromatic N) is 4. The van der Waals surface area contributed by atoms with Gasteiger partial charge in [-0.1, -0.05) is 12.1 Å². The Balaban J connectivity index is 2.19. The number of aromatic nitrogens is 5. The molecule has 0 unspecified atom stereocenters. The molecule has 0 atom stereocenters. The van der Waals surface area contributed by atoms with E-state index in [9.17, 15) is 9.59 Å². The molecular formula is C21H19N5O3S. The first-order valence-corrected chi connectivity index (χ1v) is 9.57. The van der Waals surface area contributed by atoms with Gasteiger partial charge in [0.2, 0.25) is 0 Å². The molecule has 0 aliphatic rings. The number of rotatable bonds is 3. The largest absolute Gasteiger partial charge is 0.465 e. The lowest BCUT2D eigenvalue weighted by Crippen LogP contribution is -2.19. The fraction of sp³-hybridized carbons (Fsp3) is 0.190. The summed E-state index contributed by atoms with van der Waals surface area (Å²) >= 11 is 5.45. The van der Waals surface area contributed by atoms with E-state index >= 15 is 0 Å². The van der Waals surface area contributed by atoms with Crippen molar-refractivity contribution >= 4 is 29.2 Å². The molecule has 0 saturated carbocycles. The van der Waals surface area contributed by atoms with Gasteiger partial charge in [-0.3, -0.25) is 19.0 Å². The zero-order chi connectivity index (χ0) is 21.6. The molecule has 4 rings (SSSR count). The first-order valence-electron chi connectivity index (χ1n) is 9.16. The Labute approximate surface area is 176 Å². The Morgan fingerprint density at radius 1 is 1.23 bits per heavy atom. The minimum Gasteiger partial charge on any atom is -0.465 e. The van der Waals surface area contributed by atoms with Crippen molar-refractivity contribution in [1.29, 1.82) is 0 Å². The Morgan fingerprint density at radius 2 is 2.00 bits per heavy atom. The van der Waals surface area contributed by atoms with Crippen LogP contribution in [0.25, 0.3) is 28.0 Å². The zero-order valence-corrected chi connectivity index (χ0v) is 17.7.